The van der Waals surface area contributed by atoms with Gasteiger partial charge in [0.2, 0.25) is 5.91 Å². The minimum absolute atomic E-state index is 0.0810. The number of fused-ring (bicyclic) bond motifs is 1. The number of amides is 3. The average molecular weight is 502 g/mol. The van der Waals surface area contributed by atoms with Crippen molar-refractivity contribution in [3.63, 3.8) is 0 Å². The van der Waals surface area contributed by atoms with E-state index in [-0.39, 0.29) is 56.3 Å². The molecule has 2 aromatic carbocycles. The van der Waals surface area contributed by atoms with Gasteiger partial charge >= 0.3 is 6.03 Å². The molecular weight excluding hydrogens is 470 g/mol. The first-order chi connectivity index (χ1) is 16.9. The molecule has 35 heavy (non-hydrogen) atoms. The summed E-state index contributed by atoms with van der Waals surface area (Å²) in [4.78, 5) is 27.5. The molecule has 188 valence electrons. The number of benzene rings is 2. The van der Waals surface area contributed by atoms with Crippen molar-refractivity contribution >= 4 is 29.2 Å². The van der Waals surface area contributed by atoms with Crippen molar-refractivity contribution in [3.05, 3.63) is 65.2 Å². The first kappa shape index (κ1) is 25.4. The quantitative estimate of drug-likeness (QED) is 0.579. The first-order valence-corrected chi connectivity index (χ1v) is 12.4. The van der Waals surface area contributed by atoms with Crippen LogP contribution in [0.3, 0.4) is 0 Å². The van der Waals surface area contributed by atoms with Gasteiger partial charge in [-0.15, -0.1) is 0 Å². The largest absolute Gasteiger partial charge is 0.389 e. The number of nitrogens with one attached hydrogen (secondary N) is 2. The number of aliphatic hydroxyl groups is 1. The van der Waals surface area contributed by atoms with Crippen molar-refractivity contribution in [3.8, 4) is 0 Å². The second kappa shape index (κ2) is 11.9. The van der Waals surface area contributed by atoms with Gasteiger partial charge in [0.05, 0.1) is 50.5 Å². The molecular formula is C26H32ClN3O5. The highest BCUT2D eigenvalue weighted by Gasteiger charge is 2.40. The minimum atomic E-state index is -0.802. The SMILES string of the molecule is C[C@H](NC(=O)C[C@H]1CC[C@@H]2[C@H](COC[C@H](O)CN2C(=O)Nc2cccc(Cl)c2)O1)c1ccccc1. The zero-order valence-corrected chi connectivity index (χ0v) is 20.5. The Bertz CT molecular complexity index is 1010. The third-order valence-electron chi connectivity index (χ3n) is 6.41. The monoisotopic (exact) mass is 501 g/mol. The van der Waals surface area contributed by atoms with Gasteiger partial charge in [0.15, 0.2) is 0 Å². The Balaban J connectivity index is 1.38. The van der Waals surface area contributed by atoms with E-state index in [2.05, 4.69) is 10.6 Å². The second-order valence-corrected chi connectivity index (χ2v) is 9.57. The number of ether oxygens (including phenoxy) is 2. The van der Waals surface area contributed by atoms with E-state index >= 15 is 0 Å². The zero-order valence-electron chi connectivity index (χ0n) is 19.7. The number of rotatable bonds is 5. The molecule has 5 atom stereocenters. The van der Waals surface area contributed by atoms with E-state index in [1.807, 2.05) is 37.3 Å². The van der Waals surface area contributed by atoms with Gasteiger partial charge in [-0.05, 0) is 43.5 Å². The van der Waals surface area contributed by atoms with E-state index in [0.29, 0.717) is 23.6 Å². The van der Waals surface area contributed by atoms with Crippen molar-refractivity contribution in [2.75, 3.05) is 25.1 Å². The predicted octanol–water partition coefficient (Wildman–Crippen LogP) is 3.75. The molecule has 3 N–H and O–H groups in total. The average Bonchev–Trinajstić information content (AvgIpc) is 2.82. The lowest BCUT2D eigenvalue weighted by molar-refractivity contribution is -0.150. The molecule has 9 heteroatoms. The van der Waals surface area contributed by atoms with E-state index < -0.39 is 12.2 Å². The summed E-state index contributed by atoms with van der Waals surface area (Å²) in [6, 6.07) is 16.0. The first-order valence-electron chi connectivity index (χ1n) is 12.0. The Morgan fingerprint density at radius 3 is 2.71 bits per heavy atom. The molecule has 2 saturated heterocycles. The lowest BCUT2D eigenvalue weighted by Crippen LogP contribution is -2.58. The molecule has 2 aliphatic rings. The summed E-state index contributed by atoms with van der Waals surface area (Å²) in [7, 11) is 0. The van der Waals surface area contributed by atoms with Gasteiger partial charge in [0, 0.05) is 10.7 Å². The summed E-state index contributed by atoms with van der Waals surface area (Å²) in [5.74, 6) is -0.0810. The van der Waals surface area contributed by atoms with Gasteiger partial charge in [-0.25, -0.2) is 4.79 Å². The van der Waals surface area contributed by atoms with E-state index in [9.17, 15) is 14.7 Å². The lowest BCUT2D eigenvalue weighted by atomic mass is 9.94. The molecule has 0 radical (unpaired) electrons. The van der Waals surface area contributed by atoms with Crippen LogP contribution in [0.25, 0.3) is 0 Å². The fourth-order valence-corrected chi connectivity index (χ4v) is 4.86. The van der Waals surface area contributed by atoms with Crippen LogP contribution in [0.15, 0.2) is 54.6 Å². The highest BCUT2D eigenvalue weighted by molar-refractivity contribution is 6.30. The Hall–Kier alpha value is -2.65. The normalized spacial score (nSPS) is 25.5. The fraction of sp³-hybridized carbons (Fsp3) is 0.462. The van der Waals surface area contributed by atoms with Crippen molar-refractivity contribution in [2.24, 2.45) is 0 Å². The Labute approximate surface area is 210 Å². The van der Waals surface area contributed by atoms with Crippen LogP contribution in [0, 0.1) is 0 Å². The Kier molecular flexibility index (Phi) is 8.62. The molecule has 2 aromatic rings. The number of hydrogen-bond donors (Lipinski definition) is 3. The molecule has 2 fully saturated rings. The van der Waals surface area contributed by atoms with Crippen LogP contribution in [0.1, 0.15) is 37.8 Å². The maximum atomic E-state index is 13.2. The molecule has 0 spiro atoms. The van der Waals surface area contributed by atoms with Crippen LogP contribution in [0.4, 0.5) is 10.5 Å². The summed E-state index contributed by atoms with van der Waals surface area (Å²) in [5.41, 5.74) is 1.62. The van der Waals surface area contributed by atoms with Crippen LogP contribution in [0.2, 0.25) is 5.02 Å². The van der Waals surface area contributed by atoms with Gasteiger partial charge in [-0.1, -0.05) is 48.0 Å². The summed E-state index contributed by atoms with van der Waals surface area (Å²) in [5, 5.41) is 16.7. The van der Waals surface area contributed by atoms with Crippen LogP contribution in [-0.4, -0.2) is 66.1 Å². The maximum Gasteiger partial charge on any atom is 0.322 e. The maximum absolute atomic E-state index is 13.2. The fourth-order valence-electron chi connectivity index (χ4n) is 4.67. The molecule has 2 aliphatic heterocycles. The number of hydrogen-bond acceptors (Lipinski definition) is 5. The minimum Gasteiger partial charge on any atom is -0.389 e. The highest BCUT2D eigenvalue weighted by Crippen LogP contribution is 2.29. The third kappa shape index (κ3) is 6.95. The molecule has 0 aromatic heterocycles. The molecule has 0 aliphatic carbocycles. The predicted molar refractivity (Wildman–Crippen MR) is 133 cm³/mol. The lowest BCUT2D eigenvalue weighted by Gasteiger charge is -2.44. The summed E-state index contributed by atoms with van der Waals surface area (Å²) >= 11 is 6.05. The Morgan fingerprint density at radius 1 is 1.14 bits per heavy atom. The van der Waals surface area contributed by atoms with Crippen molar-refractivity contribution in [1.82, 2.24) is 10.2 Å². The number of halogens is 1. The van der Waals surface area contributed by atoms with Crippen molar-refractivity contribution < 1.29 is 24.2 Å². The van der Waals surface area contributed by atoms with E-state index in [1.165, 1.54) is 0 Å². The molecule has 8 nitrogen and oxygen atoms in total. The molecule has 2 heterocycles. The smallest absolute Gasteiger partial charge is 0.322 e. The van der Waals surface area contributed by atoms with E-state index in [4.69, 9.17) is 21.1 Å². The number of aliphatic hydroxyl groups excluding tert-OH is 1. The van der Waals surface area contributed by atoms with Crippen LogP contribution in [-0.2, 0) is 14.3 Å². The van der Waals surface area contributed by atoms with E-state index in [0.717, 1.165) is 5.56 Å². The van der Waals surface area contributed by atoms with Crippen LogP contribution in [0.5, 0.6) is 0 Å². The standard InChI is InChI=1S/C26H32ClN3O5/c1-17(18-6-3-2-4-7-18)28-25(32)13-22-10-11-23-24(35-22)16-34-15-21(31)14-30(23)26(33)29-20-9-5-8-19(27)12-20/h2-9,12,17,21-24,31H,10-11,13-16H2,1H3,(H,28,32)(H,29,33)/t17-,21+,22+,23+,24-/m0/s1. The van der Waals surface area contributed by atoms with Crippen molar-refractivity contribution in [1.29, 1.82) is 0 Å². The number of carbonyl (C=O) groups excluding carboxylic acids is 2. The summed E-state index contributed by atoms with van der Waals surface area (Å²) < 4.78 is 11.9. The van der Waals surface area contributed by atoms with Gasteiger partial charge in [-0.2, -0.15) is 0 Å². The molecule has 0 bridgehead atoms. The summed E-state index contributed by atoms with van der Waals surface area (Å²) in [6.45, 7) is 2.42. The number of anilines is 1. The molecule has 0 saturated carbocycles. The van der Waals surface area contributed by atoms with Gasteiger partial charge in [-0.3, -0.25) is 4.79 Å². The molecule has 4 rings (SSSR count). The van der Waals surface area contributed by atoms with Crippen LogP contribution >= 0.6 is 11.6 Å². The number of carbonyl (C=O) groups is 2. The highest BCUT2D eigenvalue weighted by atomic mass is 35.5. The van der Waals surface area contributed by atoms with E-state index in [1.54, 1.807) is 29.2 Å². The molecule has 3 amide bonds. The van der Waals surface area contributed by atoms with Crippen LogP contribution < -0.4 is 10.6 Å². The summed E-state index contributed by atoms with van der Waals surface area (Å²) in [6.07, 6.45) is 0.0126. The number of β-amino-alcohol motifs (C(OH)–C–C–N with tert-alkyl or cyclic N) is 1. The molecule has 0 unspecified atom stereocenters. The van der Waals surface area contributed by atoms with Gasteiger partial charge in [0.1, 0.15) is 6.10 Å². The number of urea groups is 1. The topological polar surface area (TPSA) is 100 Å². The van der Waals surface area contributed by atoms with Gasteiger partial charge in [0.25, 0.3) is 0 Å². The Morgan fingerprint density at radius 2 is 1.94 bits per heavy atom. The number of nitrogens with zero attached hydrogens (tertiary/aromatic N) is 1. The third-order valence-corrected chi connectivity index (χ3v) is 6.64. The van der Waals surface area contributed by atoms with Crippen molar-refractivity contribution in [2.45, 2.75) is 56.6 Å². The zero-order chi connectivity index (χ0) is 24.8. The second-order valence-electron chi connectivity index (χ2n) is 9.13. The van der Waals surface area contributed by atoms with Gasteiger partial charge < -0.3 is 30.1 Å².